The maximum absolute atomic E-state index is 5.31. The van der Waals surface area contributed by atoms with Crippen LogP contribution < -0.4 is 5.73 Å². The second-order valence-electron chi connectivity index (χ2n) is 13.6. The Labute approximate surface area is 398 Å². The first-order chi connectivity index (χ1) is 31.3. The van der Waals surface area contributed by atoms with Crippen LogP contribution in [0.15, 0.2) is 182 Å². The number of rotatable bonds is 8. The predicted octanol–water partition coefficient (Wildman–Crippen LogP) is 19.2. The molecule has 2 atom stereocenters. The van der Waals surface area contributed by atoms with Crippen molar-refractivity contribution in [1.82, 2.24) is 4.98 Å². The Hall–Kier alpha value is -5.09. The fourth-order valence-electron chi connectivity index (χ4n) is 6.47. The number of thioether (sulfide) groups is 1. The molecule has 348 valence electrons. The Kier molecular flexibility index (Phi) is 37.6. The Balaban J connectivity index is 0. The number of hydrogen-bond donors (Lipinski definition) is 2. The van der Waals surface area contributed by atoms with Crippen LogP contribution in [0.2, 0.25) is 0 Å². The van der Waals surface area contributed by atoms with Crippen LogP contribution in [0, 0.1) is 6.92 Å². The first kappa shape index (κ1) is 61.0. The van der Waals surface area contributed by atoms with Crippen LogP contribution in [0.5, 0.6) is 0 Å². The normalized spacial score (nSPS) is 15.0. The van der Waals surface area contributed by atoms with Crippen LogP contribution in [-0.4, -0.2) is 17.3 Å². The number of aromatic amines is 1. The summed E-state index contributed by atoms with van der Waals surface area (Å²) < 4.78 is 0. The van der Waals surface area contributed by atoms with E-state index in [0.29, 0.717) is 18.4 Å². The summed E-state index contributed by atoms with van der Waals surface area (Å²) in [5, 5.41) is 3.49. The zero-order valence-electron chi connectivity index (χ0n) is 42.7. The molecule has 0 spiro atoms. The molecule has 1 aromatic heterocycles. The van der Waals surface area contributed by atoms with Gasteiger partial charge in [-0.15, -0.1) is 18.3 Å². The van der Waals surface area contributed by atoms with Gasteiger partial charge in [0.2, 0.25) is 0 Å². The second kappa shape index (κ2) is 39.5. The van der Waals surface area contributed by atoms with E-state index < -0.39 is 0 Å². The molecular weight excluding hydrogens is 793 g/mol. The highest BCUT2D eigenvalue weighted by Gasteiger charge is 2.18. The van der Waals surface area contributed by atoms with Crippen LogP contribution >= 0.6 is 11.8 Å². The molecule has 0 amide bonds. The second-order valence-corrected chi connectivity index (χ2v) is 14.7. The lowest BCUT2D eigenvalue weighted by atomic mass is 9.84. The van der Waals surface area contributed by atoms with Gasteiger partial charge in [-0.05, 0) is 102 Å². The van der Waals surface area contributed by atoms with Gasteiger partial charge in [0.15, 0.2) is 0 Å². The summed E-state index contributed by atoms with van der Waals surface area (Å²) in [6, 6.07) is 24.2. The molecule has 0 saturated heterocycles. The number of nitrogens with one attached hydrogen (secondary N) is 1. The molecule has 3 heteroatoms. The molecule has 1 aliphatic heterocycles. The van der Waals surface area contributed by atoms with Gasteiger partial charge in [0.25, 0.3) is 0 Å². The van der Waals surface area contributed by atoms with Crippen LogP contribution in [0.4, 0.5) is 0 Å². The summed E-state index contributed by atoms with van der Waals surface area (Å²) in [5.74, 6) is 1.91. The molecule has 0 radical (unpaired) electrons. The standard InChI is InChI=1S/C29H27NS.C11H17N.C11H14.5C2H6/c1-20-7-6-17-31-18-16-25(21(20)2)23-12-10-22(11-13-23)24-14-15-29-27(19-24)26-8-4-3-5-9-28(26)30-29;1-3-4-5-6-8-11(2)9-7-10-12;1-4-9(2)11-8-6-5-7-10(11)3;5*1-2/h3-6,8,10-15,17,19,25,30H,1-2,7,9,16,18H2;3-9H,10,12H2,1-2H3;4-9H,1H2,2-3H3;5*1-2H3/b17-6-;4-3-,6-5-,9-7-,11-8-;;;;;;. The maximum atomic E-state index is 5.31. The van der Waals surface area contributed by atoms with Gasteiger partial charge in [-0.3, -0.25) is 0 Å². The summed E-state index contributed by atoms with van der Waals surface area (Å²) in [6.07, 6.45) is 29.8. The zero-order chi connectivity index (χ0) is 48.7. The van der Waals surface area contributed by atoms with Gasteiger partial charge in [0, 0.05) is 41.0 Å². The van der Waals surface area contributed by atoms with Gasteiger partial charge in [-0.2, -0.15) is 0 Å². The summed E-state index contributed by atoms with van der Waals surface area (Å²) in [7, 11) is 0. The van der Waals surface area contributed by atoms with Crippen molar-refractivity contribution in [3.8, 4) is 11.1 Å². The minimum Gasteiger partial charge on any atom is -0.358 e. The highest BCUT2D eigenvalue weighted by atomic mass is 32.2. The lowest BCUT2D eigenvalue weighted by molar-refractivity contribution is 0.774. The molecule has 3 aromatic carbocycles. The molecule has 0 fully saturated rings. The average molecular weight is 881 g/mol. The molecule has 0 bridgehead atoms. The predicted molar refractivity (Wildman–Crippen MR) is 300 cm³/mol. The number of allylic oxidation sites excluding steroid dienone is 14. The zero-order valence-corrected chi connectivity index (χ0v) is 43.5. The first-order valence-corrected chi connectivity index (χ1v) is 25.0. The third-order valence-electron chi connectivity index (χ3n) is 9.68. The summed E-state index contributed by atoms with van der Waals surface area (Å²) >= 11 is 1.88. The van der Waals surface area contributed by atoms with E-state index in [4.69, 9.17) is 5.73 Å². The monoisotopic (exact) mass is 881 g/mol. The number of aryl methyl sites for hydroxylation is 1. The number of H-pyrrole nitrogens is 1. The van der Waals surface area contributed by atoms with Crippen molar-refractivity contribution in [2.24, 2.45) is 5.73 Å². The minimum atomic E-state index is 0.342. The summed E-state index contributed by atoms with van der Waals surface area (Å²) in [5.41, 5.74) is 19.2. The first-order valence-electron chi connectivity index (χ1n) is 24.0. The highest BCUT2D eigenvalue weighted by Crippen LogP contribution is 2.36. The van der Waals surface area contributed by atoms with E-state index in [1.165, 1.54) is 61.1 Å². The average Bonchev–Trinajstić information content (AvgIpc) is 3.58. The van der Waals surface area contributed by atoms with Crippen molar-refractivity contribution in [1.29, 1.82) is 0 Å². The van der Waals surface area contributed by atoms with Crippen LogP contribution in [0.25, 0.3) is 28.1 Å². The van der Waals surface area contributed by atoms with Gasteiger partial charge in [0.05, 0.1) is 0 Å². The van der Waals surface area contributed by atoms with Gasteiger partial charge in [-0.25, -0.2) is 0 Å². The van der Waals surface area contributed by atoms with E-state index in [1.807, 2.05) is 143 Å². The molecule has 2 unspecified atom stereocenters. The van der Waals surface area contributed by atoms with Crippen molar-refractivity contribution in [2.45, 2.75) is 128 Å². The summed E-state index contributed by atoms with van der Waals surface area (Å²) in [4.78, 5) is 3.58. The number of hydrogen-bond acceptors (Lipinski definition) is 2. The van der Waals surface area contributed by atoms with Crippen molar-refractivity contribution in [3.63, 3.8) is 0 Å². The molecule has 6 rings (SSSR count). The van der Waals surface area contributed by atoms with E-state index in [1.54, 1.807) is 0 Å². The van der Waals surface area contributed by atoms with E-state index in [-0.39, 0.29) is 0 Å². The van der Waals surface area contributed by atoms with Gasteiger partial charge >= 0.3 is 0 Å². The fourth-order valence-corrected chi connectivity index (χ4v) is 7.21. The molecule has 4 aromatic rings. The molecule has 1 aliphatic carbocycles. The topological polar surface area (TPSA) is 41.8 Å². The van der Waals surface area contributed by atoms with E-state index >= 15 is 0 Å². The lowest BCUT2D eigenvalue weighted by Gasteiger charge is -2.21. The lowest BCUT2D eigenvalue weighted by Crippen LogP contribution is -2.05. The molecule has 2 nitrogen and oxygen atoms in total. The minimum absolute atomic E-state index is 0.342. The Morgan fingerprint density at radius 1 is 0.828 bits per heavy atom. The number of fused-ring (bicyclic) bond motifs is 3. The largest absolute Gasteiger partial charge is 0.358 e. The third kappa shape index (κ3) is 22.0. The Morgan fingerprint density at radius 3 is 2.11 bits per heavy atom. The molecule has 64 heavy (non-hydrogen) atoms. The van der Waals surface area contributed by atoms with Crippen LogP contribution in [0.1, 0.15) is 143 Å². The SMILES string of the molecule is C=C1C/C=C\SCCC(c2ccc(-c3ccc4[nH]c5c(c4c3)C=CC=CC5)cc2)C1=C.C=CC(C)c1ccccc1C.CC.CC.CC.CC.CC.C\C=C/C=C\C=C(C)/C=C\CN. The van der Waals surface area contributed by atoms with E-state index in [0.717, 1.165) is 30.6 Å². The molecule has 0 saturated carbocycles. The number of nitrogens with two attached hydrogens (primary N) is 1. The van der Waals surface area contributed by atoms with Crippen molar-refractivity contribution < 1.29 is 0 Å². The molecule has 3 N–H and O–H groups in total. The number of benzene rings is 3. The maximum Gasteiger partial charge on any atom is 0.0462 e. The molecule has 2 heterocycles. The quantitative estimate of drug-likeness (QED) is 0.137. The Bertz CT molecular complexity index is 2070. The van der Waals surface area contributed by atoms with Crippen molar-refractivity contribution >= 4 is 28.7 Å². The third-order valence-corrected chi connectivity index (χ3v) is 10.5. The van der Waals surface area contributed by atoms with Crippen LogP contribution in [0.3, 0.4) is 0 Å². The van der Waals surface area contributed by atoms with Crippen molar-refractivity contribution in [2.75, 3.05) is 12.3 Å². The molecular formula is C61H88N2S. The van der Waals surface area contributed by atoms with Gasteiger partial charge in [-0.1, -0.05) is 228 Å². The Morgan fingerprint density at radius 2 is 1.48 bits per heavy atom. The van der Waals surface area contributed by atoms with E-state index in [2.05, 4.69) is 141 Å². The van der Waals surface area contributed by atoms with E-state index in [9.17, 15) is 0 Å². The van der Waals surface area contributed by atoms with Crippen LogP contribution in [-0.2, 0) is 6.42 Å². The van der Waals surface area contributed by atoms with Crippen molar-refractivity contribution in [3.05, 3.63) is 209 Å². The summed E-state index contributed by atoms with van der Waals surface area (Å²) in [6.45, 7) is 41.4. The highest BCUT2D eigenvalue weighted by molar-refractivity contribution is 8.02. The van der Waals surface area contributed by atoms with Gasteiger partial charge in [0.1, 0.15) is 0 Å². The van der Waals surface area contributed by atoms with Gasteiger partial charge < -0.3 is 10.7 Å². The smallest absolute Gasteiger partial charge is 0.0462 e. The number of aromatic nitrogens is 1. The molecule has 2 aliphatic rings. The fraction of sp³-hybridized carbons (Fsp3) is 0.344.